The lowest BCUT2D eigenvalue weighted by molar-refractivity contribution is -0.119. The third kappa shape index (κ3) is 4.20. The van der Waals surface area contributed by atoms with Crippen molar-refractivity contribution in [3.05, 3.63) is 50.1 Å². The molecule has 0 unspecified atom stereocenters. The highest BCUT2D eigenvalue weighted by Crippen LogP contribution is 2.25. The van der Waals surface area contributed by atoms with Gasteiger partial charge in [0, 0.05) is 5.02 Å². The zero-order valence-electron chi connectivity index (χ0n) is 11.0. The van der Waals surface area contributed by atoms with Crippen LogP contribution in [0.4, 0.5) is 5.69 Å². The predicted molar refractivity (Wildman–Crippen MR) is 84.4 cm³/mol. The normalized spacial score (nSPS) is 10.2. The molecule has 1 aromatic heterocycles. The van der Waals surface area contributed by atoms with Gasteiger partial charge in [-0.1, -0.05) is 23.2 Å². The van der Waals surface area contributed by atoms with E-state index < -0.39 is 11.9 Å². The first kappa shape index (κ1) is 15.8. The van der Waals surface area contributed by atoms with Crippen molar-refractivity contribution in [2.45, 2.75) is 6.92 Å². The van der Waals surface area contributed by atoms with Crippen molar-refractivity contribution in [1.82, 2.24) is 0 Å². The molecular formula is C14H11Cl2NO3S. The van der Waals surface area contributed by atoms with Crippen LogP contribution in [0.3, 0.4) is 0 Å². The number of esters is 1. The molecule has 0 fully saturated rings. The van der Waals surface area contributed by atoms with Crippen LogP contribution in [0.2, 0.25) is 10.0 Å². The van der Waals surface area contributed by atoms with Crippen LogP contribution in [0.1, 0.15) is 15.2 Å². The minimum atomic E-state index is -0.514. The summed E-state index contributed by atoms with van der Waals surface area (Å²) in [7, 11) is 0. The first-order chi connectivity index (χ1) is 9.97. The third-order valence-corrected chi connectivity index (χ3v) is 4.13. The quantitative estimate of drug-likeness (QED) is 0.848. The monoisotopic (exact) mass is 343 g/mol. The summed E-state index contributed by atoms with van der Waals surface area (Å²) in [5.74, 6) is -0.985. The summed E-state index contributed by atoms with van der Waals surface area (Å²) in [6.07, 6.45) is 0. The van der Waals surface area contributed by atoms with Crippen LogP contribution in [0.25, 0.3) is 0 Å². The SMILES string of the molecule is Cc1ccsc1C(=O)OCC(=O)Nc1ccc(Cl)cc1Cl. The average Bonchev–Trinajstić information content (AvgIpc) is 2.85. The van der Waals surface area contributed by atoms with E-state index >= 15 is 0 Å². The van der Waals surface area contributed by atoms with Gasteiger partial charge in [-0.25, -0.2) is 4.79 Å². The fraction of sp³-hybridized carbons (Fsp3) is 0.143. The molecule has 21 heavy (non-hydrogen) atoms. The standard InChI is InChI=1S/C14H11Cl2NO3S/c1-8-4-5-21-13(8)14(19)20-7-12(18)17-11-3-2-9(15)6-10(11)16/h2-6H,7H2,1H3,(H,17,18). The van der Waals surface area contributed by atoms with Crippen molar-refractivity contribution in [2.75, 3.05) is 11.9 Å². The number of carbonyl (C=O) groups is 2. The molecule has 0 bridgehead atoms. The summed E-state index contributed by atoms with van der Waals surface area (Å²) in [4.78, 5) is 24.0. The summed E-state index contributed by atoms with van der Waals surface area (Å²) in [5, 5.41) is 5.13. The van der Waals surface area contributed by atoms with Crippen LogP contribution >= 0.6 is 34.5 Å². The number of aryl methyl sites for hydroxylation is 1. The summed E-state index contributed by atoms with van der Waals surface area (Å²) < 4.78 is 4.96. The summed E-state index contributed by atoms with van der Waals surface area (Å²) in [6, 6.07) is 6.51. The van der Waals surface area contributed by atoms with Crippen LogP contribution in [0.5, 0.6) is 0 Å². The number of carbonyl (C=O) groups excluding carboxylic acids is 2. The molecule has 1 N–H and O–H groups in total. The second-order valence-corrected chi connectivity index (χ2v) is 5.94. The summed E-state index contributed by atoms with van der Waals surface area (Å²) in [6.45, 7) is 1.43. The van der Waals surface area contributed by atoms with Crippen molar-refractivity contribution in [3.8, 4) is 0 Å². The van der Waals surface area contributed by atoms with E-state index in [9.17, 15) is 9.59 Å². The van der Waals surface area contributed by atoms with E-state index in [2.05, 4.69) is 5.32 Å². The smallest absolute Gasteiger partial charge is 0.349 e. The molecule has 0 spiro atoms. The maximum atomic E-state index is 11.8. The molecule has 2 rings (SSSR count). The van der Waals surface area contributed by atoms with E-state index in [1.165, 1.54) is 17.4 Å². The van der Waals surface area contributed by atoms with Gasteiger partial charge in [0.1, 0.15) is 4.88 Å². The molecule has 0 aliphatic heterocycles. The number of hydrogen-bond donors (Lipinski definition) is 1. The van der Waals surface area contributed by atoms with Crippen LogP contribution in [-0.2, 0) is 9.53 Å². The van der Waals surface area contributed by atoms with Gasteiger partial charge < -0.3 is 10.1 Å². The van der Waals surface area contributed by atoms with Gasteiger partial charge in [0.15, 0.2) is 6.61 Å². The third-order valence-electron chi connectivity index (χ3n) is 2.59. The lowest BCUT2D eigenvalue weighted by Gasteiger charge is -2.08. The Bertz CT molecular complexity index is 685. The minimum Gasteiger partial charge on any atom is -0.451 e. The van der Waals surface area contributed by atoms with Crippen molar-refractivity contribution in [1.29, 1.82) is 0 Å². The van der Waals surface area contributed by atoms with Crippen LogP contribution < -0.4 is 5.32 Å². The largest absolute Gasteiger partial charge is 0.451 e. The molecule has 0 aliphatic rings. The number of amides is 1. The molecule has 0 atom stereocenters. The van der Waals surface area contributed by atoms with Gasteiger partial charge in [-0.2, -0.15) is 0 Å². The Hall–Kier alpha value is -1.56. The Labute approximate surface area is 135 Å². The molecule has 1 aromatic carbocycles. The highest BCUT2D eigenvalue weighted by atomic mass is 35.5. The zero-order chi connectivity index (χ0) is 15.4. The molecule has 0 aliphatic carbocycles. The highest BCUT2D eigenvalue weighted by Gasteiger charge is 2.14. The minimum absolute atomic E-state index is 0.316. The van der Waals surface area contributed by atoms with Gasteiger partial charge in [0.25, 0.3) is 5.91 Å². The number of anilines is 1. The lowest BCUT2D eigenvalue weighted by atomic mass is 10.3. The maximum absolute atomic E-state index is 11.8. The molecule has 0 saturated carbocycles. The van der Waals surface area contributed by atoms with Gasteiger partial charge >= 0.3 is 5.97 Å². The number of thiophene rings is 1. The predicted octanol–water partition coefficient (Wildman–Crippen LogP) is 4.16. The van der Waals surface area contributed by atoms with Crippen molar-refractivity contribution < 1.29 is 14.3 Å². The summed E-state index contributed by atoms with van der Waals surface area (Å²) in [5.41, 5.74) is 1.24. The Morgan fingerprint density at radius 1 is 1.29 bits per heavy atom. The van der Waals surface area contributed by atoms with E-state index in [4.69, 9.17) is 27.9 Å². The van der Waals surface area contributed by atoms with Crippen LogP contribution in [0, 0.1) is 6.92 Å². The van der Waals surface area contributed by atoms with Gasteiger partial charge in [-0.05, 0) is 42.1 Å². The van der Waals surface area contributed by atoms with Crippen LogP contribution in [-0.4, -0.2) is 18.5 Å². The van der Waals surface area contributed by atoms with Gasteiger partial charge in [0.2, 0.25) is 0 Å². The highest BCUT2D eigenvalue weighted by molar-refractivity contribution is 7.12. The topological polar surface area (TPSA) is 55.4 Å². The van der Waals surface area contributed by atoms with Crippen LogP contribution in [0.15, 0.2) is 29.6 Å². The van der Waals surface area contributed by atoms with E-state index in [-0.39, 0.29) is 6.61 Å². The molecular weight excluding hydrogens is 333 g/mol. The van der Waals surface area contributed by atoms with Gasteiger partial charge in [0.05, 0.1) is 10.7 Å². The summed E-state index contributed by atoms with van der Waals surface area (Å²) >= 11 is 13.0. The molecule has 7 heteroatoms. The molecule has 4 nitrogen and oxygen atoms in total. The zero-order valence-corrected chi connectivity index (χ0v) is 13.3. The number of ether oxygens (including phenoxy) is 1. The van der Waals surface area contributed by atoms with E-state index in [0.29, 0.717) is 20.6 Å². The van der Waals surface area contributed by atoms with E-state index in [1.54, 1.807) is 24.4 Å². The lowest BCUT2D eigenvalue weighted by Crippen LogP contribution is -2.21. The molecule has 0 radical (unpaired) electrons. The number of hydrogen-bond acceptors (Lipinski definition) is 4. The molecule has 2 aromatic rings. The number of halogens is 2. The Morgan fingerprint density at radius 2 is 2.05 bits per heavy atom. The molecule has 1 amide bonds. The Morgan fingerprint density at radius 3 is 2.67 bits per heavy atom. The Kier molecular flexibility index (Phi) is 5.22. The van der Waals surface area contributed by atoms with Crippen molar-refractivity contribution in [2.24, 2.45) is 0 Å². The first-order valence-corrected chi connectivity index (χ1v) is 7.57. The molecule has 1 heterocycles. The maximum Gasteiger partial charge on any atom is 0.349 e. The second kappa shape index (κ2) is 6.93. The van der Waals surface area contributed by atoms with Gasteiger partial charge in [-0.3, -0.25) is 4.79 Å². The van der Waals surface area contributed by atoms with Gasteiger partial charge in [-0.15, -0.1) is 11.3 Å². The van der Waals surface area contributed by atoms with E-state index in [1.807, 2.05) is 6.07 Å². The first-order valence-electron chi connectivity index (χ1n) is 5.93. The average molecular weight is 344 g/mol. The number of nitrogens with one attached hydrogen (secondary N) is 1. The number of rotatable bonds is 4. The molecule has 0 saturated heterocycles. The number of benzene rings is 1. The van der Waals surface area contributed by atoms with E-state index in [0.717, 1.165) is 5.56 Å². The Balaban J connectivity index is 1.90. The molecule has 110 valence electrons. The van der Waals surface area contributed by atoms with Crippen molar-refractivity contribution in [3.63, 3.8) is 0 Å². The fourth-order valence-electron chi connectivity index (χ4n) is 1.56. The van der Waals surface area contributed by atoms with Crippen molar-refractivity contribution >= 4 is 52.1 Å². The second-order valence-electron chi connectivity index (χ2n) is 4.18. The fourth-order valence-corrected chi connectivity index (χ4v) is 2.83.